The fourth-order valence-electron chi connectivity index (χ4n) is 5.36. The normalized spacial score (nSPS) is 12.5. The highest BCUT2D eigenvalue weighted by Gasteiger charge is 2.29. The van der Waals surface area contributed by atoms with Gasteiger partial charge in [-0.1, -0.05) is 60.9 Å². The summed E-state index contributed by atoms with van der Waals surface area (Å²) in [5.41, 5.74) is 2.95. The minimum atomic E-state index is -0.993. The number of carbonyl (C=O) groups excluding carboxylic acids is 2. The van der Waals surface area contributed by atoms with Crippen LogP contribution in [0.3, 0.4) is 0 Å². The van der Waals surface area contributed by atoms with Crippen molar-refractivity contribution in [2.75, 3.05) is 11.9 Å². The Labute approximate surface area is 301 Å². The van der Waals surface area contributed by atoms with E-state index in [1.807, 2.05) is 46.8 Å². The lowest BCUT2D eigenvalue weighted by Crippen LogP contribution is -2.43. The topological polar surface area (TPSA) is 148 Å². The minimum absolute atomic E-state index is 0.0285. The molecule has 0 saturated heterocycles. The number of allylic oxidation sites excluding steroid dienone is 3. The first-order valence-corrected chi connectivity index (χ1v) is 16.9. The first kappa shape index (κ1) is 38.4. The van der Waals surface area contributed by atoms with Crippen LogP contribution in [-0.4, -0.2) is 53.7 Å². The molecule has 0 saturated carbocycles. The largest absolute Gasteiger partial charge is 0.358 e. The maximum atomic E-state index is 14.6. The molecule has 14 heteroatoms. The van der Waals surface area contributed by atoms with Crippen LogP contribution in [0.4, 0.5) is 15.9 Å². The Balaban J connectivity index is 1.65. The molecule has 0 aliphatic carbocycles. The molecule has 2 N–H and O–H groups in total. The minimum Gasteiger partial charge on any atom is -0.358 e. The van der Waals surface area contributed by atoms with Crippen LogP contribution in [0.25, 0.3) is 5.82 Å². The summed E-state index contributed by atoms with van der Waals surface area (Å²) in [6.45, 7) is 9.96. The van der Waals surface area contributed by atoms with E-state index in [0.717, 1.165) is 16.7 Å². The fraction of sp³-hybridized carbons (Fsp3) is 0.324. The molecule has 0 spiro atoms. The number of nitrogens with one attached hydrogen (secondary N) is 2. The average Bonchev–Trinajstić information content (AvgIpc) is 3.65. The summed E-state index contributed by atoms with van der Waals surface area (Å²) in [5, 5.41) is 18.8. The zero-order chi connectivity index (χ0) is 37.1. The fourth-order valence-corrected chi connectivity index (χ4v) is 5.48. The van der Waals surface area contributed by atoms with Crippen LogP contribution in [0.15, 0.2) is 90.6 Å². The lowest BCUT2D eigenvalue weighted by Gasteiger charge is -2.29. The zero-order valence-corrected chi connectivity index (χ0v) is 30.0. The molecule has 0 radical (unpaired) electrons. The van der Waals surface area contributed by atoms with Crippen LogP contribution in [0.1, 0.15) is 68.9 Å². The number of imidazole rings is 1. The van der Waals surface area contributed by atoms with Gasteiger partial charge in [0.15, 0.2) is 0 Å². The van der Waals surface area contributed by atoms with E-state index in [9.17, 15) is 24.1 Å². The number of carbonyl (C=O) groups is 2. The van der Waals surface area contributed by atoms with Crippen molar-refractivity contribution in [3.05, 3.63) is 128 Å². The summed E-state index contributed by atoms with van der Waals surface area (Å²) < 4.78 is 16.1. The maximum Gasteiger partial charge on any atom is 0.312 e. The van der Waals surface area contributed by atoms with Gasteiger partial charge in [0.25, 0.3) is 11.6 Å². The number of nitro benzene ring substituents is 1. The summed E-state index contributed by atoms with van der Waals surface area (Å²) >= 11 is 6.12. The molecule has 12 nitrogen and oxygen atoms in total. The predicted molar refractivity (Wildman–Crippen MR) is 195 cm³/mol. The lowest BCUT2D eigenvalue weighted by molar-refractivity contribution is -0.385. The molecule has 4 aromatic rings. The third kappa shape index (κ3) is 11.0. The average molecular weight is 717 g/mol. The molecule has 1 unspecified atom stereocenters. The van der Waals surface area contributed by atoms with E-state index in [1.54, 1.807) is 30.5 Å². The molecule has 0 fully saturated rings. The molecule has 2 aromatic carbocycles. The summed E-state index contributed by atoms with van der Waals surface area (Å²) in [5.74, 6) is -0.524. The van der Waals surface area contributed by atoms with Gasteiger partial charge < -0.3 is 15.5 Å². The monoisotopic (exact) mass is 716 g/mol. The van der Waals surface area contributed by atoms with E-state index in [0.29, 0.717) is 24.4 Å². The Morgan fingerprint density at radius 2 is 1.82 bits per heavy atom. The van der Waals surface area contributed by atoms with E-state index in [4.69, 9.17) is 11.6 Å². The van der Waals surface area contributed by atoms with Crippen molar-refractivity contribution in [1.29, 1.82) is 0 Å². The number of anilines is 1. The number of nitro groups is 1. The van der Waals surface area contributed by atoms with Crippen molar-refractivity contribution in [1.82, 2.24) is 29.7 Å². The van der Waals surface area contributed by atoms with Gasteiger partial charge in [0, 0.05) is 53.8 Å². The van der Waals surface area contributed by atoms with Gasteiger partial charge in [-0.15, -0.1) is 0 Å². The van der Waals surface area contributed by atoms with Crippen LogP contribution in [0.2, 0.25) is 5.02 Å². The van der Waals surface area contributed by atoms with Crippen LogP contribution in [0.5, 0.6) is 0 Å². The number of benzene rings is 2. The SMILES string of the molecule is C/C=C(/C)C/C(=C\C)CNC(=O)c1ccc(CN(Cc2ccc(Cl)cc2)C(=O)C(CC(C)C)Nc2cc(-n3ccnc3)nc(F)n2)c([N+](=O)[O-])c1. The van der Waals surface area contributed by atoms with Crippen molar-refractivity contribution in [3.8, 4) is 5.82 Å². The summed E-state index contributed by atoms with van der Waals surface area (Å²) in [6, 6.07) is 11.8. The van der Waals surface area contributed by atoms with Gasteiger partial charge in [-0.2, -0.15) is 14.4 Å². The predicted octanol–water partition coefficient (Wildman–Crippen LogP) is 7.45. The lowest BCUT2D eigenvalue weighted by atomic mass is 10.0. The molecule has 1 atom stereocenters. The van der Waals surface area contributed by atoms with Gasteiger partial charge >= 0.3 is 6.08 Å². The molecule has 0 aliphatic rings. The van der Waals surface area contributed by atoms with Crippen molar-refractivity contribution < 1.29 is 18.9 Å². The third-order valence-corrected chi connectivity index (χ3v) is 8.42. The smallest absolute Gasteiger partial charge is 0.312 e. The number of aromatic nitrogens is 4. The number of hydrogen-bond acceptors (Lipinski definition) is 8. The van der Waals surface area contributed by atoms with Crippen molar-refractivity contribution in [3.63, 3.8) is 0 Å². The Morgan fingerprint density at radius 3 is 2.45 bits per heavy atom. The maximum absolute atomic E-state index is 14.6. The molecular formula is C37H42ClFN8O4. The van der Waals surface area contributed by atoms with E-state index in [-0.39, 0.29) is 47.5 Å². The standard InChI is InChI=1S/C37H42ClFN8O4/c1-6-25(5)17-26(7-2)20-41-35(48)28-10-11-29(32(18-28)47(50)51)22-46(21-27-8-12-30(38)13-9-27)36(49)31(16-24(3)4)42-33-19-34(44-37(39)43-33)45-15-14-40-23-45/h6-15,18-19,23-24,31H,16-17,20-22H2,1-5H3,(H,41,48)(H,42,43,44)/b25-6-,26-7+. The highest BCUT2D eigenvalue weighted by Crippen LogP contribution is 2.26. The van der Waals surface area contributed by atoms with Gasteiger partial charge in [0.2, 0.25) is 5.91 Å². The molecule has 2 heterocycles. The molecule has 2 amide bonds. The molecule has 4 rings (SSSR count). The molecule has 0 bridgehead atoms. The summed E-state index contributed by atoms with van der Waals surface area (Å²) in [7, 11) is 0. The quantitative estimate of drug-likeness (QED) is 0.0526. The van der Waals surface area contributed by atoms with E-state index < -0.39 is 28.9 Å². The molecular weight excluding hydrogens is 675 g/mol. The number of halogens is 2. The van der Waals surface area contributed by atoms with Crippen LogP contribution >= 0.6 is 11.6 Å². The molecule has 2 aromatic heterocycles. The van der Waals surface area contributed by atoms with Crippen LogP contribution < -0.4 is 10.6 Å². The third-order valence-electron chi connectivity index (χ3n) is 8.17. The van der Waals surface area contributed by atoms with Gasteiger partial charge in [-0.3, -0.25) is 24.3 Å². The Kier molecular flexibility index (Phi) is 13.5. The molecule has 51 heavy (non-hydrogen) atoms. The number of amides is 2. The van der Waals surface area contributed by atoms with Crippen molar-refractivity contribution >= 4 is 34.9 Å². The van der Waals surface area contributed by atoms with E-state index in [2.05, 4.69) is 25.6 Å². The second kappa shape index (κ2) is 18.0. The molecule has 268 valence electrons. The summed E-state index contributed by atoms with van der Waals surface area (Å²) in [6.07, 6.45) is 8.58. The van der Waals surface area contributed by atoms with E-state index in [1.165, 1.54) is 46.3 Å². The van der Waals surface area contributed by atoms with Gasteiger partial charge in [-0.25, -0.2) is 4.98 Å². The van der Waals surface area contributed by atoms with E-state index >= 15 is 0 Å². The second-order valence-corrected chi connectivity index (χ2v) is 13.0. The van der Waals surface area contributed by atoms with Crippen molar-refractivity contribution in [2.24, 2.45) is 5.92 Å². The Morgan fingerprint density at radius 1 is 1.08 bits per heavy atom. The van der Waals surface area contributed by atoms with Gasteiger partial charge in [0.1, 0.15) is 24.0 Å². The van der Waals surface area contributed by atoms with Crippen LogP contribution in [-0.2, 0) is 17.9 Å². The van der Waals surface area contributed by atoms with Gasteiger partial charge in [0.05, 0.1) is 11.5 Å². The first-order valence-electron chi connectivity index (χ1n) is 16.5. The number of rotatable bonds is 16. The second-order valence-electron chi connectivity index (χ2n) is 12.5. The Bertz CT molecular complexity index is 1890. The highest BCUT2D eigenvalue weighted by atomic mass is 35.5. The Hall–Kier alpha value is -5.43. The first-order chi connectivity index (χ1) is 24.4. The summed E-state index contributed by atoms with van der Waals surface area (Å²) in [4.78, 5) is 52.5. The van der Waals surface area contributed by atoms with Gasteiger partial charge in [-0.05, 0) is 69.4 Å². The highest BCUT2D eigenvalue weighted by molar-refractivity contribution is 6.30. The van der Waals surface area contributed by atoms with Crippen LogP contribution in [0, 0.1) is 22.1 Å². The number of nitrogens with zero attached hydrogens (tertiary/aromatic N) is 6. The molecule has 0 aliphatic heterocycles. The zero-order valence-electron chi connectivity index (χ0n) is 29.3. The van der Waals surface area contributed by atoms with Crippen molar-refractivity contribution in [2.45, 2.75) is 66.6 Å². The number of hydrogen-bond donors (Lipinski definition) is 2.